The van der Waals surface area contributed by atoms with E-state index in [2.05, 4.69) is 20.9 Å². The normalized spacial score (nSPS) is 14.0. The maximum Gasteiger partial charge on any atom is 0.134 e. The van der Waals surface area contributed by atoms with Crippen molar-refractivity contribution in [2.45, 2.75) is 6.61 Å². The third-order valence-corrected chi connectivity index (χ3v) is 5.16. The molecule has 0 amide bonds. The molecule has 0 unspecified atom stereocenters. The number of ether oxygens (including phenoxy) is 1. The van der Waals surface area contributed by atoms with Crippen molar-refractivity contribution < 1.29 is 9.13 Å². The molecular weight excluding hydrogens is 389 g/mol. The molecule has 2 aromatic rings. The van der Waals surface area contributed by atoms with Crippen molar-refractivity contribution in [2.24, 2.45) is 4.99 Å². The predicted octanol–water partition coefficient (Wildman–Crippen LogP) is 5.31. The molecule has 0 N–H and O–H groups in total. The van der Waals surface area contributed by atoms with Gasteiger partial charge in [0.15, 0.2) is 0 Å². The van der Waals surface area contributed by atoms with Crippen LogP contribution in [0.25, 0.3) is 0 Å². The molecule has 0 saturated carbocycles. The van der Waals surface area contributed by atoms with Crippen LogP contribution in [-0.2, 0) is 6.61 Å². The highest BCUT2D eigenvalue weighted by atomic mass is 79.9. The molecule has 0 spiro atoms. The Labute approximate surface area is 145 Å². The average Bonchev–Trinajstić information content (AvgIpc) is 3.02. The van der Waals surface area contributed by atoms with Crippen molar-refractivity contribution in [1.82, 2.24) is 0 Å². The summed E-state index contributed by atoms with van der Waals surface area (Å²) in [4.78, 5) is 4.46. The summed E-state index contributed by atoms with van der Waals surface area (Å²) in [5, 5.41) is 1.43. The van der Waals surface area contributed by atoms with Gasteiger partial charge in [-0.3, -0.25) is 4.99 Å². The van der Waals surface area contributed by atoms with E-state index in [9.17, 15) is 4.39 Å². The number of rotatable bonds is 4. The SMILES string of the molecule is Fc1ccc(COc2ccc(C3=NCCS3)cc2Br)c(Cl)c1. The number of hydrogen-bond acceptors (Lipinski definition) is 3. The molecule has 0 aliphatic carbocycles. The van der Waals surface area contributed by atoms with Gasteiger partial charge in [0.1, 0.15) is 18.2 Å². The first-order valence-electron chi connectivity index (χ1n) is 6.67. The monoisotopic (exact) mass is 399 g/mol. The lowest BCUT2D eigenvalue weighted by Gasteiger charge is -2.11. The number of benzene rings is 2. The first kappa shape index (κ1) is 15.8. The molecule has 1 heterocycles. The highest BCUT2D eigenvalue weighted by molar-refractivity contribution is 9.10. The van der Waals surface area contributed by atoms with Gasteiger partial charge in [-0.05, 0) is 46.3 Å². The summed E-state index contributed by atoms with van der Waals surface area (Å²) in [5.41, 5.74) is 1.83. The molecule has 0 atom stereocenters. The molecule has 1 aliphatic heterocycles. The maximum atomic E-state index is 13.0. The zero-order valence-electron chi connectivity index (χ0n) is 11.5. The van der Waals surface area contributed by atoms with Crippen molar-refractivity contribution in [3.05, 3.63) is 62.8 Å². The average molecular weight is 401 g/mol. The van der Waals surface area contributed by atoms with Gasteiger partial charge in [0.25, 0.3) is 0 Å². The molecule has 22 heavy (non-hydrogen) atoms. The molecule has 1 aliphatic rings. The number of aliphatic imine (C=N–C) groups is 1. The van der Waals surface area contributed by atoms with E-state index in [1.165, 1.54) is 12.1 Å². The Morgan fingerprint density at radius 3 is 2.82 bits per heavy atom. The van der Waals surface area contributed by atoms with Crippen LogP contribution in [0.2, 0.25) is 5.02 Å². The topological polar surface area (TPSA) is 21.6 Å². The van der Waals surface area contributed by atoms with Crippen molar-refractivity contribution in [3.63, 3.8) is 0 Å². The molecular formula is C16H12BrClFNOS. The van der Waals surface area contributed by atoms with Crippen molar-refractivity contribution >= 4 is 44.3 Å². The highest BCUT2D eigenvalue weighted by Crippen LogP contribution is 2.30. The van der Waals surface area contributed by atoms with Crippen LogP contribution in [0.1, 0.15) is 11.1 Å². The van der Waals surface area contributed by atoms with Gasteiger partial charge >= 0.3 is 0 Å². The molecule has 114 valence electrons. The third-order valence-electron chi connectivity index (χ3n) is 3.16. The quantitative estimate of drug-likeness (QED) is 0.693. The van der Waals surface area contributed by atoms with Crippen LogP contribution in [0.4, 0.5) is 4.39 Å². The molecule has 0 saturated heterocycles. The predicted molar refractivity (Wildman–Crippen MR) is 93.7 cm³/mol. The number of hydrogen-bond donors (Lipinski definition) is 0. The number of nitrogens with zero attached hydrogens (tertiary/aromatic N) is 1. The fourth-order valence-corrected chi connectivity index (χ4v) is 3.62. The van der Waals surface area contributed by atoms with Crippen LogP contribution in [0.3, 0.4) is 0 Å². The Morgan fingerprint density at radius 2 is 2.14 bits per heavy atom. The second kappa shape index (κ2) is 7.02. The zero-order chi connectivity index (χ0) is 15.5. The molecule has 2 aromatic carbocycles. The fourth-order valence-electron chi connectivity index (χ4n) is 2.05. The molecule has 2 nitrogen and oxygen atoms in total. The summed E-state index contributed by atoms with van der Waals surface area (Å²) >= 11 is 11.3. The highest BCUT2D eigenvalue weighted by Gasteiger charge is 2.12. The molecule has 6 heteroatoms. The Bertz CT molecular complexity index is 738. The van der Waals surface area contributed by atoms with Crippen LogP contribution < -0.4 is 4.74 Å². The Morgan fingerprint density at radius 1 is 1.27 bits per heavy atom. The largest absolute Gasteiger partial charge is 0.488 e. The van der Waals surface area contributed by atoms with Crippen LogP contribution >= 0.6 is 39.3 Å². The van der Waals surface area contributed by atoms with Crippen molar-refractivity contribution in [2.75, 3.05) is 12.3 Å². The standard InChI is InChI=1S/C16H12BrClFNOS/c17-13-7-10(16-20-5-6-22-16)2-4-15(13)21-9-11-1-3-12(19)8-14(11)18/h1-4,7-8H,5-6,9H2. The van der Waals surface area contributed by atoms with Gasteiger partial charge in [-0.15, -0.1) is 11.8 Å². The first-order chi connectivity index (χ1) is 10.6. The summed E-state index contributed by atoms with van der Waals surface area (Å²) in [6.07, 6.45) is 0. The summed E-state index contributed by atoms with van der Waals surface area (Å²) in [6.45, 7) is 1.16. The minimum atomic E-state index is -0.353. The van der Waals surface area contributed by atoms with E-state index >= 15 is 0 Å². The van der Waals surface area contributed by atoms with Gasteiger partial charge in [0.05, 0.1) is 14.5 Å². The van der Waals surface area contributed by atoms with E-state index < -0.39 is 0 Å². The van der Waals surface area contributed by atoms with Gasteiger partial charge in [0, 0.05) is 23.4 Å². The lowest BCUT2D eigenvalue weighted by molar-refractivity contribution is 0.304. The van der Waals surface area contributed by atoms with E-state index in [0.29, 0.717) is 10.8 Å². The lowest BCUT2D eigenvalue weighted by atomic mass is 10.2. The zero-order valence-corrected chi connectivity index (χ0v) is 14.6. The van der Waals surface area contributed by atoms with Gasteiger partial charge in [0.2, 0.25) is 0 Å². The Balaban J connectivity index is 1.72. The van der Waals surface area contributed by atoms with Gasteiger partial charge < -0.3 is 4.74 Å². The van der Waals surface area contributed by atoms with Crippen LogP contribution in [0.5, 0.6) is 5.75 Å². The van der Waals surface area contributed by atoms with Crippen molar-refractivity contribution in [3.8, 4) is 5.75 Å². The minimum Gasteiger partial charge on any atom is -0.488 e. The summed E-state index contributed by atoms with van der Waals surface area (Å²) in [6, 6.07) is 10.2. The third kappa shape index (κ3) is 3.65. The lowest BCUT2D eigenvalue weighted by Crippen LogP contribution is -1.99. The van der Waals surface area contributed by atoms with E-state index in [1.54, 1.807) is 17.8 Å². The van der Waals surface area contributed by atoms with E-state index in [-0.39, 0.29) is 12.4 Å². The van der Waals surface area contributed by atoms with E-state index in [0.717, 1.165) is 32.9 Å². The molecule has 0 bridgehead atoms. The second-order valence-corrected chi connectivity index (χ2v) is 7.05. The number of thioether (sulfide) groups is 1. The molecule has 0 fully saturated rings. The molecule has 0 aromatic heterocycles. The second-order valence-electron chi connectivity index (χ2n) is 4.70. The van der Waals surface area contributed by atoms with Crippen LogP contribution in [0.15, 0.2) is 45.9 Å². The van der Waals surface area contributed by atoms with Crippen LogP contribution in [0, 0.1) is 5.82 Å². The summed E-state index contributed by atoms with van der Waals surface area (Å²) < 4.78 is 19.6. The fraction of sp³-hybridized carbons (Fsp3) is 0.188. The first-order valence-corrected chi connectivity index (χ1v) is 8.83. The summed E-state index contributed by atoms with van der Waals surface area (Å²) in [5.74, 6) is 1.40. The van der Waals surface area contributed by atoms with Gasteiger partial charge in [-0.2, -0.15) is 0 Å². The van der Waals surface area contributed by atoms with Gasteiger partial charge in [-0.1, -0.05) is 17.7 Å². The van der Waals surface area contributed by atoms with Crippen molar-refractivity contribution in [1.29, 1.82) is 0 Å². The van der Waals surface area contributed by atoms with E-state index in [4.69, 9.17) is 16.3 Å². The molecule has 3 rings (SSSR count). The smallest absolute Gasteiger partial charge is 0.134 e. The summed E-state index contributed by atoms with van der Waals surface area (Å²) in [7, 11) is 0. The van der Waals surface area contributed by atoms with E-state index in [1.807, 2.05) is 18.2 Å². The maximum absolute atomic E-state index is 13.0. The van der Waals surface area contributed by atoms with Crippen LogP contribution in [-0.4, -0.2) is 17.3 Å². The Kier molecular flexibility index (Phi) is 5.06. The molecule has 0 radical (unpaired) electrons. The number of halogens is 3. The minimum absolute atomic E-state index is 0.284. The van der Waals surface area contributed by atoms with Gasteiger partial charge in [-0.25, -0.2) is 4.39 Å². The Hall–Kier alpha value is -1.04.